The SMILES string of the molecule is CCOc1ccc(F)cc1C(C(=O)O)N1Cc2ccc(Br)cc2C1=O. The largest absolute Gasteiger partial charge is 0.493 e. The molecule has 130 valence electrons. The number of aliphatic carboxylic acids is 1. The molecule has 0 fully saturated rings. The molecule has 1 unspecified atom stereocenters. The quantitative estimate of drug-likeness (QED) is 0.818. The number of halogens is 2. The van der Waals surface area contributed by atoms with Gasteiger partial charge in [-0.15, -0.1) is 0 Å². The third-order valence-corrected chi connectivity index (χ3v) is 4.51. The number of nitrogens with zero attached hydrogens (tertiary/aromatic N) is 1. The van der Waals surface area contributed by atoms with Crippen LogP contribution in [0.3, 0.4) is 0 Å². The molecule has 0 saturated heterocycles. The third-order valence-electron chi connectivity index (χ3n) is 4.02. The van der Waals surface area contributed by atoms with E-state index in [2.05, 4.69) is 15.9 Å². The minimum Gasteiger partial charge on any atom is -0.493 e. The number of ether oxygens (including phenoxy) is 1. The zero-order valence-corrected chi connectivity index (χ0v) is 14.9. The second-order valence-electron chi connectivity index (χ2n) is 5.59. The summed E-state index contributed by atoms with van der Waals surface area (Å²) in [6, 6.07) is 7.57. The van der Waals surface area contributed by atoms with Gasteiger partial charge >= 0.3 is 5.97 Å². The van der Waals surface area contributed by atoms with Crippen LogP contribution in [0.2, 0.25) is 0 Å². The fourth-order valence-electron chi connectivity index (χ4n) is 2.96. The Labute approximate surface area is 152 Å². The first kappa shape index (κ1) is 17.4. The summed E-state index contributed by atoms with van der Waals surface area (Å²) in [5, 5.41) is 9.74. The van der Waals surface area contributed by atoms with Gasteiger partial charge in [0, 0.05) is 22.1 Å². The number of amides is 1. The Balaban J connectivity index is 2.06. The molecule has 25 heavy (non-hydrogen) atoms. The number of benzene rings is 2. The van der Waals surface area contributed by atoms with Crippen LogP contribution >= 0.6 is 15.9 Å². The van der Waals surface area contributed by atoms with Crippen LogP contribution in [-0.2, 0) is 11.3 Å². The highest BCUT2D eigenvalue weighted by Gasteiger charge is 2.39. The molecule has 5 nitrogen and oxygen atoms in total. The molecule has 0 aromatic heterocycles. The summed E-state index contributed by atoms with van der Waals surface area (Å²) in [7, 11) is 0. The Kier molecular flexibility index (Phi) is 4.76. The van der Waals surface area contributed by atoms with E-state index in [1.165, 1.54) is 17.0 Å². The van der Waals surface area contributed by atoms with Gasteiger partial charge in [0.25, 0.3) is 5.91 Å². The van der Waals surface area contributed by atoms with Crippen molar-refractivity contribution >= 4 is 27.8 Å². The maximum atomic E-state index is 13.8. The van der Waals surface area contributed by atoms with Gasteiger partial charge < -0.3 is 14.7 Å². The molecular formula is C18H15BrFNO4. The van der Waals surface area contributed by atoms with Gasteiger partial charge in [-0.25, -0.2) is 9.18 Å². The number of rotatable bonds is 5. The molecule has 0 saturated carbocycles. The Morgan fingerprint density at radius 3 is 2.80 bits per heavy atom. The number of hydrogen-bond acceptors (Lipinski definition) is 3. The first-order valence-electron chi connectivity index (χ1n) is 7.66. The minimum atomic E-state index is -1.34. The van der Waals surface area contributed by atoms with E-state index in [9.17, 15) is 19.1 Å². The predicted molar refractivity (Wildman–Crippen MR) is 92.0 cm³/mol. The number of hydrogen-bond donors (Lipinski definition) is 1. The van der Waals surface area contributed by atoms with Crippen LogP contribution in [0, 0.1) is 5.82 Å². The van der Waals surface area contributed by atoms with E-state index in [0.717, 1.165) is 16.1 Å². The molecule has 0 radical (unpaired) electrons. The van der Waals surface area contributed by atoms with Gasteiger partial charge in [-0.1, -0.05) is 22.0 Å². The van der Waals surface area contributed by atoms with E-state index in [0.29, 0.717) is 12.2 Å². The first-order valence-corrected chi connectivity index (χ1v) is 8.46. The molecule has 0 bridgehead atoms. The molecule has 2 aromatic rings. The molecule has 7 heteroatoms. The van der Waals surface area contributed by atoms with Gasteiger partial charge in [-0.3, -0.25) is 4.79 Å². The minimum absolute atomic E-state index is 0.120. The fourth-order valence-corrected chi connectivity index (χ4v) is 3.32. The van der Waals surface area contributed by atoms with Crippen LogP contribution in [0.25, 0.3) is 0 Å². The number of carbonyl (C=O) groups excluding carboxylic acids is 1. The summed E-state index contributed by atoms with van der Waals surface area (Å²) < 4.78 is 19.9. The highest BCUT2D eigenvalue weighted by molar-refractivity contribution is 9.10. The number of fused-ring (bicyclic) bond motifs is 1. The van der Waals surface area contributed by atoms with E-state index in [-0.39, 0.29) is 17.9 Å². The Bertz CT molecular complexity index is 855. The Morgan fingerprint density at radius 2 is 2.12 bits per heavy atom. The molecular weight excluding hydrogens is 393 g/mol. The van der Waals surface area contributed by atoms with Gasteiger partial charge in [-0.05, 0) is 42.8 Å². The average Bonchev–Trinajstić information content (AvgIpc) is 2.87. The summed E-state index contributed by atoms with van der Waals surface area (Å²) in [4.78, 5) is 25.9. The fraction of sp³-hybridized carbons (Fsp3) is 0.222. The van der Waals surface area contributed by atoms with Gasteiger partial charge in [0.1, 0.15) is 11.6 Å². The third kappa shape index (κ3) is 3.24. The van der Waals surface area contributed by atoms with Crippen molar-refractivity contribution in [2.24, 2.45) is 0 Å². The molecule has 0 aliphatic carbocycles. The lowest BCUT2D eigenvalue weighted by atomic mass is 10.0. The van der Waals surface area contributed by atoms with E-state index in [1.807, 2.05) is 0 Å². The van der Waals surface area contributed by atoms with Gasteiger partial charge in [0.05, 0.1) is 6.61 Å². The first-order chi connectivity index (χ1) is 11.9. The maximum Gasteiger partial charge on any atom is 0.331 e. The predicted octanol–water partition coefficient (Wildman–Crippen LogP) is 3.77. The summed E-state index contributed by atoms with van der Waals surface area (Å²) in [5.74, 6) is -1.99. The van der Waals surface area contributed by atoms with Crippen molar-refractivity contribution in [3.05, 3.63) is 63.4 Å². The van der Waals surface area contributed by atoms with Crippen LogP contribution in [0.15, 0.2) is 40.9 Å². The zero-order valence-electron chi connectivity index (χ0n) is 13.3. The lowest BCUT2D eigenvalue weighted by Crippen LogP contribution is -2.34. The lowest BCUT2D eigenvalue weighted by Gasteiger charge is -2.26. The zero-order chi connectivity index (χ0) is 18.1. The van der Waals surface area contributed by atoms with Crippen molar-refractivity contribution in [1.29, 1.82) is 0 Å². The number of carboxylic acids is 1. The summed E-state index contributed by atoms with van der Waals surface area (Å²) in [6.45, 7) is 2.18. The van der Waals surface area contributed by atoms with Crippen molar-refractivity contribution in [3.8, 4) is 5.75 Å². The maximum absolute atomic E-state index is 13.8. The monoisotopic (exact) mass is 407 g/mol. The lowest BCUT2D eigenvalue weighted by molar-refractivity contribution is -0.142. The van der Waals surface area contributed by atoms with Crippen molar-refractivity contribution in [2.75, 3.05) is 6.61 Å². The molecule has 1 atom stereocenters. The molecule has 0 spiro atoms. The highest BCUT2D eigenvalue weighted by Crippen LogP contribution is 2.36. The summed E-state index contributed by atoms with van der Waals surface area (Å²) in [5.41, 5.74) is 1.29. The van der Waals surface area contributed by atoms with Crippen LogP contribution in [0.4, 0.5) is 4.39 Å². The summed E-state index contributed by atoms with van der Waals surface area (Å²) >= 11 is 3.31. The standard InChI is InChI=1S/C18H15BrFNO4/c1-2-25-15-6-5-12(20)8-14(15)16(18(23)24)21-9-10-3-4-11(19)7-13(10)17(21)22/h3-8,16H,2,9H2,1H3,(H,23,24). The average molecular weight is 408 g/mol. The highest BCUT2D eigenvalue weighted by atomic mass is 79.9. The number of carbonyl (C=O) groups is 2. The van der Waals surface area contributed by atoms with E-state index in [4.69, 9.17) is 4.74 Å². The Morgan fingerprint density at radius 1 is 1.36 bits per heavy atom. The van der Waals surface area contributed by atoms with Crippen LogP contribution in [0.5, 0.6) is 5.75 Å². The van der Waals surface area contributed by atoms with E-state index in [1.54, 1.807) is 25.1 Å². The topological polar surface area (TPSA) is 66.8 Å². The summed E-state index contributed by atoms with van der Waals surface area (Å²) in [6.07, 6.45) is 0. The van der Waals surface area contributed by atoms with Gasteiger partial charge in [0.15, 0.2) is 6.04 Å². The molecule has 1 amide bonds. The number of carboxylic acid groups (broad SMARTS) is 1. The molecule has 2 aromatic carbocycles. The van der Waals surface area contributed by atoms with Crippen molar-refractivity contribution in [2.45, 2.75) is 19.5 Å². The van der Waals surface area contributed by atoms with Crippen molar-refractivity contribution in [3.63, 3.8) is 0 Å². The molecule has 1 heterocycles. The molecule has 3 rings (SSSR count). The molecule has 1 aliphatic heterocycles. The van der Waals surface area contributed by atoms with Crippen LogP contribution < -0.4 is 4.74 Å². The van der Waals surface area contributed by atoms with Crippen molar-refractivity contribution < 1.29 is 23.8 Å². The van der Waals surface area contributed by atoms with Crippen molar-refractivity contribution in [1.82, 2.24) is 4.90 Å². The second kappa shape index (κ2) is 6.84. The molecule has 1 aliphatic rings. The second-order valence-corrected chi connectivity index (χ2v) is 6.51. The smallest absolute Gasteiger partial charge is 0.331 e. The van der Waals surface area contributed by atoms with E-state index >= 15 is 0 Å². The van der Waals surface area contributed by atoms with Gasteiger partial charge in [0.2, 0.25) is 0 Å². The van der Waals surface area contributed by atoms with Gasteiger partial charge in [-0.2, -0.15) is 0 Å². The Hall–Kier alpha value is -2.41. The van der Waals surface area contributed by atoms with Crippen LogP contribution in [0.1, 0.15) is 34.5 Å². The molecule has 1 N–H and O–H groups in total. The van der Waals surface area contributed by atoms with Crippen LogP contribution in [-0.4, -0.2) is 28.5 Å². The normalized spacial score (nSPS) is 14.4. The van der Waals surface area contributed by atoms with E-state index < -0.39 is 23.7 Å².